The number of ether oxygens (including phenoxy) is 1. The molecule has 1 aromatic heterocycles. The van der Waals surface area contributed by atoms with E-state index in [9.17, 15) is 14.4 Å². The topological polar surface area (TPSA) is 156 Å². The lowest BCUT2D eigenvalue weighted by atomic mass is 10.1. The first-order valence-electron chi connectivity index (χ1n) is 10.4. The van der Waals surface area contributed by atoms with Crippen LogP contribution < -0.4 is 21.7 Å². The van der Waals surface area contributed by atoms with Crippen LogP contribution in [0.2, 0.25) is 0 Å². The van der Waals surface area contributed by atoms with Gasteiger partial charge in [-0.2, -0.15) is 0 Å². The minimum Gasteiger partial charge on any atom is -0.445 e. The zero-order valence-electron chi connectivity index (χ0n) is 18.2. The Kier molecular flexibility index (Phi) is 8.67. The van der Waals surface area contributed by atoms with E-state index in [4.69, 9.17) is 15.6 Å². The Bertz CT molecular complexity index is 1120. The third-order valence-electron chi connectivity index (χ3n) is 4.71. The molecule has 0 unspecified atom stereocenters. The number of amides is 3. The number of nitrogens with one attached hydrogen (secondary N) is 3. The maximum absolute atomic E-state index is 12.7. The zero-order chi connectivity index (χ0) is 24.3. The van der Waals surface area contributed by atoms with E-state index >= 15 is 0 Å². The molecule has 3 amide bonds. The second-order valence-electron chi connectivity index (χ2n) is 7.27. The monoisotopic (exact) mass is 463 g/mol. The molecule has 3 aromatic rings. The molecule has 0 aliphatic heterocycles. The molecule has 0 aliphatic rings. The van der Waals surface area contributed by atoms with Gasteiger partial charge in [-0.15, -0.1) is 0 Å². The quantitative estimate of drug-likeness (QED) is 0.325. The predicted molar refractivity (Wildman–Crippen MR) is 126 cm³/mol. The molecule has 0 saturated carbocycles. The Labute approximate surface area is 196 Å². The number of hydrogen-bond acceptors (Lipinski definition) is 7. The number of aromatic nitrogens is 1. The van der Waals surface area contributed by atoms with Gasteiger partial charge in [0.25, 0.3) is 5.91 Å². The number of aliphatic hydroxyl groups excluding tert-OH is 1. The Balaban J connectivity index is 1.52. The highest BCUT2D eigenvalue weighted by molar-refractivity contribution is 6.07. The molecule has 1 atom stereocenters. The molecule has 0 bridgehead atoms. The third-order valence-corrected chi connectivity index (χ3v) is 4.71. The van der Waals surface area contributed by atoms with Crippen LogP contribution in [-0.2, 0) is 22.7 Å². The fourth-order valence-corrected chi connectivity index (χ4v) is 2.84. The molecule has 176 valence electrons. The summed E-state index contributed by atoms with van der Waals surface area (Å²) in [6.07, 6.45) is 2.69. The minimum atomic E-state index is -1.07. The van der Waals surface area contributed by atoms with Crippen LogP contribution in [0.25, 0.3) is 0 Å². The Morgan fingerprint density at radius 1 is 0.941 bits per heavy atom. The summed E-state index contributed by atoms with van der Waals surface area (Å²) in [5, 5.41) is 17.0. The molecule has 0 spiro atoms. The normalized spacial score (nSPS) is 11.2. The number of nitrogens with two attached hydrogens (primary N) is 1. The highest BCUT2D eigenvalue weighted by Gasteiger charge is 2.15. The Morgan fingerprint density at radius 3 is 2.29 bits per heavy atom. The average molecular weight is 463 g/mol. The van der Waals surface area contributed by atoms with Crippen LogP contribution in [0.4, 0.5) is 16.2 Å². The third kappa shape index (κ3) is 7.12. The van der Waals surface area contributed by atoms with Crippen molar-refractivity contribution >= 4 is 29.3 Å². The van der Waals surface area contributed by atoms with E-state index in [-0.39, 0.29) is 19.1 Å². The van der Waals surface area contributed by atoms with Crippen LogP contribution >= 0.6 is 0 Å². The summed E-state index contributed by atoms with van der Waals surface area (Å²) in [4.78, 5) is 40.4. The summed E-state index contributed by atoms with van der Waals surface area (Å²) in [6.45, 7) is -0.149. The number of carbonyl (C=O) groups is 3. The van der Waals surface area contributed by atoms with Gasteiger partial charge in [0.2, 0.25) is 5.91 Å². The number of aliphatic hydroxyl groups is 1. The van der Waals surface area contributed by atoms with Crippen molar-refractivity contribution in [2.45, 2.75) is 19.2 Å². The first kappa shape index (κ1) is 24.4. The predicted octanol–water partition coefficient (Wildman–Crippen LogP) is 2.02. The Morgan fingerprint density at radius 2 is 1.65 bits per heavy atom. The number of benzene rings is 2. The maximum Gasteiger partial charge on any atom is 0.407 e. The van der Waals surface area contributed by atoms with Crippen LogP contribution in [0.15, 0.2) is 73.1 Å². The van der Waals surface area contributed by atoms with Gasteiger partial charge < -0.3 is 31.5 Å². The second kappa shape index (κ2) is 12.1. The van der Waals surface area contributed by atoms with Gasteiger partial charge in [-0.05, 0) is 35.9 Å². The van der Waals surface area contributed by atoms with E-state index in [0.29, 0.717) is 16.9 Å². The molecule has 34 heavy (non-hydrogen) atoms. The summed E-state index contributed by atoms with van der Waals surface area (Å²) >= 11 is 0. The molecule has 0 radical (unpaired) electrons. The summed E-state index contributed by atoms with van der Waals surface area (Å²) in [5.41, 5.74) is 8.21. The van der Waals surface area contributed by atoms with Crippen LogP contribution in [0.3, 0.4) is 0 Å². The van der Waals surface area contributed by atoms with E-state index in [1.165, 1.54) is 0 Å². The number of pyridine rings is 1. The van der Waals surface area contributed by atoms with E-state index in [0.717, 1.165) is 11.1 Å². The molecule has 1 heterocycles. The van der Waals surface area contributed by atoms with Gasteiger partial charge in [0.15, 0.2) is 0 Å². The maximum atomic E-state index is 12.7. The van der Waals surface area contributed by atoms with E-state index < -0.39 is 24.6 Å². The van der Waals surface area contributed by atoms with Crippen LogP contribution in [-0.4, -0.2) is 40.6 Å². The highest BCUT2D eigenvalue weighted by atomic mass is 16.5. The lowest BCUT2D eigenvalue weighted by Gasteiger charge is -2.14. The first-order valence-corrected chi connectivity index (χ1v) is 10.4. The number of alkyl carbamates (subject to hydrolysis) is 1. The van der Waals surface area contributed by atoms with E-state index in [1.54, 1.807) is 73.1 Å². The molecule has 3 rings (SSSR count). The molecular weight excluding hydrogens is 438 g/mol. The molecule has 0 saturated heterocycles. The van der Waals surface area contributed by atoms with Crippen LogP contribution in [0.5, 0.6) is 0 Å². The molecule has 0 aliphatic carbocycles. The first-order chi connectivity index (χ1) is 16.5. The van der Waals surface area contributed by atoms with Crippen LogP contribution in [0, 0.1) is 0 Å². The van der Waals surface area contributed by atoms with Crippen molar-refractivity contribution in [2.75, 3.05) is 17.2 Å². The smallest absolute Gasteiger partial charge is 0.407 e. The number of nitrogens with zero attached hydrogens (tertiary/aromatic N) is 1. The van der Waals surface area contributed by atoms with Crippen molar-refractivity contribution in [2.24, 2.45) is 5.73 Å². The van der Waals surface area contributed by atoms with Crippen molar-refractivity contribution in [3.8, 4) is 0 Å². The average Bonchev–Trinajstić information content (AvgIpc) is 2.87. The fraction of sp³-hybridized carbons (Fsp3) is 0.167. The van der Waals surface area contributed by atoms with Crippen molar-refractivity contribution in [3.05, 3.63) is 89.7 Å². The van der Waals surface area contributed by atoms with Gasteiger partial charge in [0.05, 0.1) is 18.0 Å². The number of para-hydroxylation sites is 2. The summed E-state index contributed by atoms with van der Waals surface area (Å²) in [5.74, 6) is -0.955. The summed E-state index contributed by atoms with van der Waals surface area (Å²) in [7, 11) is 0. The van der Waals surface area contributed by atoms with Crippen molar-refractivity contribution < 1.29 is 24.2 Å². The molecule has 6 N–H and O–H groups in total. The number of anilines is 2. The van der Waals surface area contributed by atoms with E-state index in [2.05, 4.69) is 20.9 Å². The number of carbonyl (C=O) groups excluding carboxylic acids is 3. The molecule has 10 nitrogen and oxygen atoms in total. The van der Waals surface area contributed by atoms with E-state index in [1.807, 2.05) is 0 Å². The molecule has 2 aromatic carbocycles. The Hall–Kier alpha value is -4.28. The lowest BCUT2D eigenvalue weighted by Crippen LogP contribution is -2.38. The van der Waals surface area contributed by atoms with Crippen LogP contribution in [0.1, 0.15) is 21.5 Å². The molecule has 0 fully saturated rings. The summed E-state index contributed by atoms with van der Waals surface area (Å²) < 4.78 is 5.13. The standard InChI is InChI=1S/C24H25N5O5/c25-19(14-30)23(32)29-21-6-2-1-5-20(21)28-22(31)18-9-7-16(8-10-18)13-27-24(33)34-15-17-4-3-11-26-12-17/h1-12,19,30H,13-15,25H2,(H,27,33)(H,28,31)(H,29,32)/t19-/m0/s1. The van der Waals surface area contributed by atoms with Crippen molar-refractivity contribution in [1.82, 2.24) is 10.3 Å². The van der Waals surface area contributed by atoms with Gasteiger partial charge in [-0.1, -0.05) is 30.3 Å². The minimum absolute atomic E-state index is 0.118. The lowest BCUT2D eigenvalue weighted by molar-refractivity contribution is -0.118. The van der Waals surface area contributed by atoms with Gasteiger partial charge in [0, 0.05) is 30.1 Å². The number of hydrogen-bond donors (Lipinski definition) is 5. The number of rotatable bonds is 9. The SMILES string of the molecule is N[C@@H](CO)C(=O)Nc1ccccc1NC(=O)c1ccc(CNC(=O)OCc2cccnc2)cc1. The fourth-order valence-electron chi connectivity index (χ4n) is 2.84. The largest absolute Gasteiger partial charge is 0.445 e. The molecular formula is C24H25N5O5. The van der Waals surface area contributed by atoms with Crippen molar-refractivity contribution in [1.29, 1.82) is 0 Å². The van der Waals surface area contributed by atoms with Gasteiger partial charge in [-0.3, -0.25) is 14.6 Å². The zero-order valence-corrected chi connectivity index (χ0v) is 18.2. The molecule has 10 heteroatoms. The highest BCUT2D eigenvalue weighted by Crippen LogP contribution is 2.22. The van der Waals surface area contributed by atoms with Gasteiger partial charge in [0.1, 0.15) is 12.6 Å². The van der Waals surface area contributed by atoms with Gasteiger partial charge in [-0.25, -0.2) is 4.79 Å². The van der Waals surface area contributed by atoms with Gasteiger partial charge >= 0.3 is 6.09 Å². The van der Waals surface area contributed by atoms with Crippen molar-refractivity contribution in [3.63, 3.8) is 0 Å². The second-order valence-corrected chi connectivity index (χ2v) is 7.27. The summed E-state index contributed by atoms with van der Waals surface area (Å²) in [6, 6.07) is 15.8.